The molecule has 1 amide bonds. The van der Waals surface area contributed by atoms with Crippen molar-refractivity contribution >= 4 is 35.8 Å². The van der Waals surface area contributed by atoms with Gasteiger partial charge in [-0.25, -0.2) is 0 Å². The lowest BCUT2D eigenvalue weighted by atomic mass is 9.68. The van der Waals surface area contributed by atoms with Crippen LogP contribution in [0.1, 0.15) is 54.4 Å². The first-order valence-electron chi connectivity index (χ1n) is 10.6. The van der Waals surface area contributed by atoms with Crippen LogP contribution in [0.3, 0.4) is 0 Å². The van der Waals surface area contributed by atoms with E-state index in [0.717, 1.165) is 44.1 Å². The van der Waals surface area contributed by atoms with Crippen LogP contribution in [0.25, 0.3) is 0 Å². The Kier molecular flexibility index (Phi) is 7.79. The monoisotopic (exact) mass is 512 g/mol. The third-order valence-electron chi connectivity index (χ3n) is 6.52. The van der Waals surface area contributed by atoms with Crippen molar-refractivity contribution < 1.29 is 9.53 Å². The van der Waals surface area contributed by atoms with Crippen LogP contribution >= 0.6 is 24.0 Å². The Morgan fingerprint density at radius 3 is 2.79 bits per heavy atom. The van der Waals surface area contributed by atoms with E-state index >= 15 is 0 Å². The van der Waals surface area contributed by atoms with Crippen molar-refractivity contribution in [1.82, 2.24) is 15.5 Å². The molecule has 1 aromatic carbocycles. The molecule has 4 rings (SSSR count). The third kappa shape index (κ3) is 5.42. The van der Waals surface area contributed by atoms with Crippen molar-refractivity contribution in [2.75, 3.05) is 33.3 Å². The third-order valence-corrected chi connectivity index (χ3v) is 6.52. The summed E-state index contributed by atoms with van der Waals surface area (Å²) in [6, 6.07) is 7.82. The van der Waals surface area contributed by atoms with Gasteiger partial charge in [0.1, 0.15) is 0 Å². The fourth-order valence-corrected chi connectivity index (χ4v) is 4.65. The van der Waals surface area contributed by atoms with Crippen LogP contribution in [0.5, 0.6) is 0 Å². The quantitative estimate of drug-likeness (QED) is 0.362. The van der Waals surface area contributed by atoms with Crippen LogP contribution in [0.15, 0.2) is 29.3 Å². The minimum Gasteiger partial charge on any atom is -0.376 e. The number of hydrogen-bond donors (Lipinski definition) is 2. The Morgan fingerprint density at radius 2 is 2.14 bits per heavy atom. The molecule has 1 aromatic rings. The molecule has 7 heteroatoms. The molecular formula is C22H33IN4O2. The molecule has 1 atom stereocenters. The summed E-state index contributed by atoms with van der Waals surface area (Å²) in [5.74, 6) is 0.935. The number of hydrogen-bond acceptors (Lipinski definition) is 3. The van der Waals surface area contributed by atoms with E-state index in [2.05, 4.69) is 26.6 Å². The predicted molar refractivity (Wildman–Crippen MR) is 126 cm³/mol. The van der Waals surface area contributed by atoms with Gasteiger partial charge in [0.2, 0.25) is 0 Å². The molecule has 0 aromatic heterocycles. The highest BCUT2D eigenvalue weighted by atomic mass is 127. The van der Waals surface area contributed by atoms with Crippen molar-refractivity contribution in [3.63, 3.8) is 0 Å². The zero-order valence-corrected chi connectivity index (χ0v) is 19.6. The summed E-state index contributed by atoms with van der Waals surface area (Å²) in [6.45, 7) is 4.28. The first-order valence-corrected chi connectivity index (χ1v) is 10.6. The Morgan fingerprint density at radius 1 is 1.28 bits per heavy atom. The number of rotatable bonds is 5. The molecule has 1 saturated carbocycles. The van der Waals surface area contributed by atoms with Gasteiger partial charge in [-0.05, 0) is 55.2 Å². The predicted octanol–water partition coefficient (Wildman–Crippen LogP) is 3.16. The van der Waals surface area contributed by atoms with E-state index in [1.54, 1.807) is 0 Å². The summed E-state index contributed by atoms with van der Waals surface area (Å²) in [6.07, 6.45) is 7.67. The van der Waals surface area contributed by atoms with Crippen LogP contribution in [-0.2, 0) is 11.3 Å². The van der Waals surface area contributed by atoms with Gasteiger partial charge in [0.15, 0.2) is 5.96 Å². The highest BCUT2D eigenvalue weighted by Gasteiger charge is 2.43. The highest BCUT2D eigenvalue weighted by molar-refractivity contribution is 14.0. The maximum Gasteiger partial charge on any atom is 0.251 e. The summed E-state index contributed by atoms with van der Waals surface area (Å²) in [5, 5.41) is 6.48. The first kappa shape index (κ1) is 22.3. The Balaban J connectivity index is 0.00000240. The molecule has 3 fully saturated rings. The van der Waals surface area contributed by atoms with Crippen molar-refractivity contribution in [1.29, 1.82) is 0 Å². The Hall–Kier alpha value is -1.35. The molecule has 29 heavy (non-hydrogen) atoms. The maximum atomic E-state index is 12.4. The van der Waals surface area contributed by atoms with Crippen LogP contribution in [-0.4, -0.2) is 56.2 Å². The summed E-state index contributed by atoms with van der Waals surface area (Å²) in [7, 11) is 1.85. The van der Waals surface area contributed by atoms with Crippen LogP contribution in [0.2, 0.25) is 0 Å². The highest BCUT2D eigenvalue weighted by Crippen LogP contribution is 2.47. The zero-order valence-electron chi connectivity index (χ0n) is 17.3. The number of carbonyl (C=O) groups excluding carboxylic acids is 1. The molecule has 1 aliphatic carbocycles. The lowest BCUT2D eigenvalue weighted by molar-refractivity contribution is 0.0857. The van der Waals surface area contributed by atoms with Gasteiger partial charge in [0.25, 0.3) is 5.91 Å². The van der Waals surface area contributed by atoms with Crippen molar-refractivity contribution in [2.45, 2.75) is 51.2 Å². The van der Waals surface area contributed by atoms with Gasteiger partial charge < -0.3 is 20.3 Å². The van der Waals surface area contributed by atoms with Crippen LogP contribution in [0, 0.1) is 5.41 Å². The number of ether oxygens (including phenoxy) is 1. The molecule has 0 radical (unpaired) electrons. The van der Waals surface area contributed by atoms with Gasteiger partial charge in [-0.1, -0.05) is 18.6 Å². The van der Waals surface area contributed by atoms with Gasteiger partial charge in [-0.3, -0.25) is 9.79 Å². The van der Waals surface area contributed by atoms with Crippen LogP contribution in [0.4, 0.5) is 0 Å². The fourth-order valence-electron chi connectivity index (χ4n) is 4.65. The molecule has 2 aliphatic heterocycles. The number of nitrogens with zero attached hydrogens (tertiary/aromatic N) is 2. The maximum absolute atomic E-state index is 12.4. The van der Waals surface area contributed by atoms with E-state index in [4.69, 9.17) is 4.74 Å². The average Bonchev–Trinajstić information content (AvgIpc) is 3.37. The van der Waals surface area contributed by atoms with E-state index in [1.807, 2.05) is 25.2 Å². The standard InChI is InChI=1S/C22H32N4O2.HI/c1-23-21(26-11-10-22(16-26)8-4-9-22)25-14-17-5-2-6-18(13-17)20(27)24-15-19-7-3-12-28-19;/h2,5-6,13,19H,3-4,7-12,14-16H2,1H3,(H,23,25)(H,24,27);1H. The van der Waals surface area contributed by atoms with E-state index in [0.29, 0.717) is 24.1 Å². The molecule has 2 heterocycles. The number of halogens is 1. The number of guanidine groups is 1. The largest absolute Gasteiger partial charge is 0.376 e. The van der Waals surface area contributed by atoms with Crippen molar-refractivity contribution in [3.05, 3.63) is 35.4 Å². The number of carbonyl (C=O) groups is 1. The van der Waals surface area contributed by atoms with Crippen molar-refractivity contribution in [2.24, 2.45) is 10.4 Å². The molecule has 6 nitrogen and oxygen atoms in total. The number of benzene rings is 1. The smallest absolute Gasteiger partial charge is 0.251 e. The van der Waals surface area contributed by atoms with Crippen LogP contribution < -0.4 is 10.6 Å². The SMILES string of the molecule is CN=C(NCc1cccc(C(=O)NCC2CCCO2)c1)N1CCC2(CCC2)C1.I. The molecule has 1 unspecified atom stereocenters. The second-order valence-electron chi connectivity index (χ2n) is 8.47. The summed E-state index contributed by atoms with van der Waals surface area (Å²) in [4.78, 5) is 19.3. The number of amides is 1. The van der Waals surface area contributed by atoms with E-state index in [9.17, 15) is 4.79 Å². The molecule has 2 N–H and O–H groups in total. The first-order chi connectivity index (χ1) is 13.7. The zero-order chi connectivity index (χ0) is 19.4. The minimum absolute atomic E-state index is 0. The summed E-state index contributed by atoms with van der Waals surface area (Å²) in [5.41, 5.74) is 2.34. The van der Waals surface area contributed by atoms with Gasteiger partial charge in [-0.2, -0.15) is 0 Å². The molecule has 3 aliphatic rings. The Labute approximate surface area is 190 Å². The normalized spacial score (nSPS) is 22.9. The second kappa shape index (κ2) is 10.1. The fraction of sp³-hybridized carbons (Fsp3) is 0.636. The van der Waals surface area contributed by atoms with Gasteiger partial charge >= 0.3 is 0 Å². The van der Waals surface area contributed by atoms with Gasteiger partial charge in [0.05, 0.1) is 6.10 Å². The molecule has 2 saturated heterocycles. The summed E-state index contributed by atoms with van der Waals surface area (Å²) < 4.78 is 5.57. The molecule has 160 valence electrons. The number of aliphatic imine (C=N–C) groups is 1. The lowest BCUT2D eigenvalue weighted by Crippen LogP contribution is -2.42. The molecule has 1 spiro atoms. The Bertz CT molecular complexity index is 729. The van der Waals surface area contributed by atoms with E-state index < -0.39 is 0 Å². The van der Waals surface area contributed by atoms with E-state index in [1.165, 1.54) is 25.7 Å². The second-order valence-corrected chi connectivity index (χ2v) is 8.47. The average molecular weight is 512 g/mol. The number of nitrogens with one attached hydrogen (secondary N) is 2. The van der Waals surface area contributed by atoms with Gasteiger partial charge in [-0.15, -0.1) is 24.0 Å². The number of likely N-dealkylation sites (tertiary alicyclic amines) is 1. The molecule has 0 bridgehead atoms. The van der Waals surface area contributed by atoms with E-state index in [-0.39, 0.29) is 36.0 Å². The molecular weight excluding hydrogens is 479 g/mol. The summed E-state index contributed by atoms with van der Waals surface area (Å²) >= 11 is 0. The minimum atomic E-state index is -0.0341. The lowest BCUT2D eigenvalue weighted by Gasteiger charge is -2.38. The van der Waals surface area contributed by atoms with Crippen molar-refractivity contribution in [3.8, 4) is 0 Å². The topological polar surface area (TPSA) is 66.0 Å². The van der Waals surface area contributed by atoms with Gasteiger partial charge in [0, 0.05) is 45.4 Å².